The molecular weight excluding hydrogens is 264 g/mol. The average Bonchev–Trinajstić information content (AvgIpc) is 2.38. The third-order valence-electron chi connectivity index (χ3n) is 2.52. The number of carboxylic acids is 1. The molecule has 0 aromatic heterocycles. The van der Waals surface area contributed by atoms with E-state index in [1.165, 1.54) is 24.3 Å². The van der Waals surface area contributed by atoms with Crippen molar-refractivity contribution >= 4 is 11.9 Å². The van der Waals surface area contributed by atoms with E-state index in [1.54, 1.807) is 6.92 Å². The molecule has 1 aromatic carbocycles. The first-order chi connectivity index (χ1) is 9.40. The summed E-state index contributed by atoms with van der Waals surface area (Å²) in [5, 5.41) is 27.1. The number of phenolic OH excluding ortho intramolecular Hbond substituents is 1. The molecule has 0 saturated heterocycles. The maximum Gasteiger partial charge on any atom is 0.342 e. The van der Waals surface area contributed by atoms with Crippen molar-refractivity contribution in [1.82, 2.24) is 0 Å². The molecule has 1 rings (SSSR count). The fraction of sp³-hybridized carbons (Fsp3) is 0.286. The minimum absolute atomic E-state index is 0.0141. The Hall–Kier alpha value is -2.34. The number of hydrogen-bond acceptors (Lipinski definition) is 5. The molecular formula is C14H16O6. The number of carbonyl (C=O) groups is 2. The van der Waals surface area contributed by atoms with Gasteiger partial charge in [0.05, 0.1) is 17.2 Å². The van der Waals surface area contributed by atoms with Crippen LogP contribution in [0.2, 0.25) is 0 Å². The predicted molar refractivity (Wildman–Crippen MR) is 70.2 cm³/mol. The van der Waals surface area contributed by atoms with E-state index in [0.717, 1.165) is 6.26 Å². The molecule has 0 bridgehead atoms. The number of esters is 1. The van der Waals surface area contributed by atoms with Gasteiger partial charge in [-0.25, -0.2) is 9.59 Å². The van der Waals surface area contributed by atoms with Crippen molar-refractivity contribution in [2.75, 3.05) is 0 Å². The van der Waals surface area contributed by atoms with Crippen molar-refractivity contribution in [3.05, 3.63) is 41.7 Å². The number of benzene rings is 1. The normalized spacial score (nSPS) is 12.8. The van der Waals surface area contributed by atoms with E-state index >= 15 is 0 Å². The number of rotatable bonds is 6. The van der Waals surface area contributed by atoms with Gasteiger partial charge in [-0.1, -0.05) is 0 Å². The van der Waals surface area contributed by atoms with Crippen LogP contribution < -0.4 is 0 Å². The second-order valence-electron chi connectivity index (χ2n) is 4.29. The molecule has 0 spiro atoms. The number of aromatic hydroxyl groups is 1. The van der Waals surface area contributed by atoms with Crippen molar-refractivity contribution in [2.45, 2.75) is 25.9 Å². The van der Waals surface area contributed by atoms with Crippen molar-refractivity contribution in [2.24, 2.45) is 0 Å². The zero-order chi connectivity index (χ0) is 15.1. The molecule has 0 heterocycles. The summed E-state index contributed by atoms with van der Waals surface area (Å²) in [6, 6.07) is 5.38. The molecule has 1 unspecified atom stereocenters. The minimum atomic E-state index is -1.20. The summed E-state index contributed by atoms with van der Waals surface area (Å²) in [6.07, 6.45) is 0.593. The fourth-order valence-corrected chi connectivity index (χ4v) is 1.37. The highest BCUT2D eigenvalue weighted by molar-refractivity contribution is 5.91. The van der Waals surface area contributed by atoms with Gasteiger partial charge in [-0.15, -0.1) is 0 Å². The Morgan fingerprint density at radius 3 is 2.40 bits per heavy atom. The topological polar surface area (TPSA) is 104 Å². The summed E-state index contributed by atoms with van der Waals surface area (Å²) >= 11 is 0. The molecule has 1 aromatic rings. The number of carbonyl (C=O) groups excluding carboxylic acids is 1. The average molecular weight is 280 g/mol. The molecule has 0 aliphatic carbocycles. The van der Waals surface area contributed by atoms with Gasteiger partial charge in [0.25, 0.3) is 0 Å². The molecule has 108 valence electrons. The van der Waals surface area contributed by atoms with Crippen molar-refractivity contribution in [3.8, 4) is 5.75 Å². The first-order valence-corrected chi connectivity index (χ1v) is 6.00. The second kappa shape index (κ2) is 7.30. The highest BCUT2D eigenvalue weighted by Gasteiger charge is 2.12. The summed E-state index contributed by atoms with van der Waals surface area (Å²) in [7, 11) is 0. The zero-order valence-corrected chi connectivity index (χ0v) is 10.9. The smallest absolute Gasteiger partial charge is 0.342 e. The minimum Gasteiger partial charge on any atom is -0.508 e. The molecule has 0 amide bonds. The largest absolute Gasteiger partial charge is 0.508 e. The SMILES string of the molecule is CC(O)CCC(=COC(=O)c1ccc(O)cc1)C(=O)O. The Bertz CT molecular complexity index is 501. The van der Waals surface area contributed by atoms with Crippen LogP contribution in [-0.2, 0) is 9.53 Å². The van der Waals surface area contributed by atoms with Gasteiger partial charge in [-0.05, 0) is 44.0 Å². The fourth-order valence-electron chi connectivity index (χ4n) is 1.37. The number of phenols is 1. The van der Waals surface area contributed by atoms with Crippen molar-refractivity contribution < 1.29 is 29.6 Å². The summed E-state index contributed by atoms with van der Waals surface area (Å²) in [6.45, 7) is 1.54. The zero-order valence-electron chi connectivity index (χ0n) is 10.9. The lowest BCUT2D eigenvalue weighted by atomic mass is 10.1. The molecule has 0 saturated carbocycles. The third kappa shape index (κ3) is 5.11. The van der Waals surface area contributed by atoms with E-state index in [0.29, 0.717) is 0 Å². The van der Waals surface area contributed by atoms with Crippen LogP contribution in [-0.4, -0.2) is 33.4 Å². The quantitative estimate of drug-likeness (QED) is 0.416. The third-order valence-corrected chi connectivity index (χ3v) is 2.52. The van der Waals surface area contributed by atoms with Crippen LogP contribution in [0, 0.1) is 0 Å². The Morgan fingerprint density at radius 2 is 1.90 bits per heavy atom. The number of aliphatic hydroxyl groups is 1. The Labute approximate surface area is 115 Å². The molecule has 20 heavy (non-hydrogen) atoms. The van der Waals surface area contributed by atoms with Crippen molar-refractivity contribution in [3.63, 3.8) is 0 Å². The summed E-state index contributed by atoms with van der Waals surface area (Å²) in [5.41, 5.74) is 0.0948. The van der Waals surface area contributed by atoms with Gasteiger partial charge in [-0.3, -0.25) is 0 Å². The number of aliphatic carboxylic acids is 1. The number of ether oxygens (including phenoxy) is 1. The lowest BCUT2D eigenvalue weighted by Crippen LogP contribution is -2.08. The highest BCUT2D eigenvalue weighted by Crippen LogP contribution is 2.12. The molecule has 3 N–H and O–H groups in total. The van der Waals surface area contributed by atoms with E-state index in [9.17, 15) is 9.59 Å². The molecule has 6 heteroatoms. The van der Waals surface area contributed by atoms with Crippen LogP contribution in [0.3, 0.4) is 0 Å². The van der Waals surface area contributed by atoms with Crippen LogP contribution in [0.5, 0.6) is 5.75 Å². The maximum atomic E-state index is 11.6. The highest BCUT2D eigenvalue weighted by atomic mass is 16.5. The molecule has 0 aliphatic rings. The van der Waals surface area contributed by atoms with Gasteiger partial charge in [0.15, 0.2) is 0 Å². The van der Waals surface area contributed by atoms with E-state index in [-0.39, 0.29) is 29.7 Å². The molecule has 0 aliphatic heterocycles. The lowest BCUT2D eigenvalue weighted by Gasteiger charge is -2.05. The van der Waals surface area contributed by atoms with Gasteiger partial charge in [0.2, 0.25) is 0 Å². The standard InChI is InChI=1S/C14H16O6/c1-9(15)2-3-11(13(17)18)8-20-14(19)10-4-6-12(16)7-5-10/h4-9,15-16H,2-3H2,1H3,(H,17,18). The van der Waals surface area contributed by atoms with Crippen LogP contribution in [0.1, 0.15) is 30.1 Å². The number of aliphatic hydroxyl groups excluding tert-OH is 1. The molecule has 1 atom stereocenters. The predicted octanol–water partition coefficient (Wildman–Crippen LogP) is 1.68. The van der Waals surface area contributed by atoms with E-state index in [1.807, 2.05) is 0 Å². The van der Waals surface area contributed by atoms with E-state index in [2.05, 4.69) is 0 Å². The van der Waals surface area contributed by atoms with Gasteiger partial charge in [0, 0.05) is 0 Å². The van der Waals surface area contributed by atoms with Crippen LogP contribution >= 0.6 is 0 Å². The monoisotopic (exact) mass is 280 g/mol. The molecule has 6 nitrogen and oxygen atoms in total. The van der Waals surface area contributed by atoms with Gasteiger partial charge >= 0.3 is 11.9 Å². The molecule has 0 radical (unpaired) electrons. The van der Waals surface area contributed by atoms with Gasteiger partial charge in [-0.2, -0.15) is 0 Å². The Morgan fingerprint density at radius 1 is 1.30 bits per heavy atom. The summed E-state index contributed by atoms with van der Waals surface area (Å²) < 4.78 is 4.78. The van der Waals surface area contributed by atoms with Gasteiger partial charge < -0.3 is 20.1 Å². The number of carboxylic acid groups (broad SMARTS) is 1. The Balaban J connectivity index is 2.69. The number of hydrogen-bond donors (Lipinski definition) is 3. The first kappa shape index (κ1) is 15.7. The van der Waals surface area contributed by atoms with Gasteiger partial charge in [0.1, 0.15) is 12.0 Å². The molecule has 0 fully saturated rings. The van der Waals surface area contributed by atoms with Crippen LogP contribution in [0.25, 0.3) is 0 Å². The lowest BCUT2D eigenvalue weighted by molar-refractivity contribution is -0.133. The van der Waals surface area contributed by atoms with E-state index in [4.69, 9.17) is 20.1 Å². The van der Waals surface area contributed by atoms with E-state index < -0.39 is 18.0 Å². The van der Waals surface area contributed by atoms with Crippen molar-refractivity contribution in [1.29, 1.82) is 0 Å². The first-order valence-electron chi connectivity index (χ1n) is 6.00. The van der Waals surface area contributed by atoms with Crippen LogP contribution in [0.15, 0.2) is 36.1 Å². The maximum absolute atomic E-state index is 11.6. The Kier molecular flexibility index (Phi) is 5.74. The van der Waals surface area contributed by atoms with Crippen LogP contribution in [0.4, 0.5) is 0 Å². The second-order valence-corrected chi connectivity index (χ2v) is 4.29. The summed E-state index contributed by atoms with van der Waals surface area (Å²) in [4.78, 5) is 22.6. The summed E-state index contributed by atoms with van der Waals surface area (Å²) in [5.74, 6) is -1.91.